The molecule has 0 fully saturated rings. The zero-order valence-electron chi connectivity index (χ0n) is 12.5. The van der Waals surface area contributed by atoms with Crippen molar-refractivity contribution >= 4 is 23.2 Å². The van der Waals surface area contributed by atoms with Gasteiger partial charge in [0.15, 0.2) is 5.96 Å². The Labute approximate surface area is 136 Å². The molecule has 4 nitrogen and oxygen atoms in total. The molecule has 0 saturated heterocycles. The standard InChI is InChI=1S/C17H20ClN3O/c1-2-14(22-16-11-7-6-10-15(16)18)12-20-17(19)21-13-8-4-3-5-9-13/h3-11,14H,2,12H2,1H3,(H3,19,20,21). The summed E-state index contributed by atoms with van der Waals surface area (Å²) in [6.07, 6.45) is 0.740. The molecule has 0 saturated carbocycles. The lowest BCUT2D eigenvalue weighted by Gasteiger charge is -2.17. The Hall–Kier alpha value is -2.20. The summed E-state index contributed by atoms with van der Waals surface area (Å²) in [6.45, 7) is 2.51. The maximum atomic E-state index is 6.10. The van der Waals surface area contributed by atoms with Gasteiger partial charge in [-0.2, -0.15) is 0 Å². The maximum absolute atomic E-state index is 6.10. The number of nitrogens with two attached hydrogens (primary N) is 1. The number of ether oxygens (including phenoxy) is 1. The number of anilines is 1. The first-order valence-electron chi connectivity index (χ1n) is 7.22. The fourth-order valence-corrected chi connectivity index (χ4v) is 2.06. The molecule has 0 aliphatic carbocycles. The number of hydrogen-bond donors (Lipinski definition) is 2. The molecule has 0 heterocycles. The highest BCUT2D eigenvalue weighted by Crippen LogP contribution is 2.24. The highest BCUT2D eigenvalue weighted by Gasteiger charge is 2.10. The van der Waals surface area contributed by atoms with Crippen molar-refractivity contribution in [2.24, 2.45) is 10.7 Å². The molecule has 0 amide bonds. The van der Waals surface area contributed by atoms with Crippen LogP contribution in [0.3, 0.4) is 0 Å². The first-order chi connectivity index (χ1) is 10.7. The number of para-hydroxylation sites is 2. The molecule has 5 heteroatoms. The lowest BCUT2D eigenvalue weighted by atomic mass is 10.2. The maximum Gasteiger partial charge on any atom is 0.193 e. The first kappa shape index (κ1) is 16.2. The second kappa shape index (κ2) is 8.29. The van der Waals surface area contributed by atoms with Gasteiger partial charge < -0.3 is 15.8 Å². The van der Waals surface area contributed by atoms with E-state index in [4.69, 9.17) is 22.1 Å². The minimum Gasteiger partial charge on any atom is -0.487 e. The molecule has 0 radical (unpaired) electrons. The fraction of sp³-hybridized carbons (Fsp3) is 0.235. The van der Waals surface area contributed by atoms with E-state index in [2.05, 4.69) is 10.3 Å². The second-order valence-electron chi connectivity index (χ2n) is 4.80. The van der Waals surface area contributed by atoms with Crippen molar-refractivity contribution in [3.63, 3.8) is 0 Å². The molecule has 0 spiro atoms. The van der Waals surface area contributed by atoms with Crippen molar-refractivity contribution in [3.8, 4) is 5.75 Å². The lowest BCUT2D eigenvalue weighted by molar-refractivity contribution is 0.206. The molecule has 3 N–H and O–H groups in total. The molecular weight excluding hydrogens is 298 g/mol. The molecule has 2 aromatic carbocycles. The van der Waals surface area contributed by atoms with Crippen LogP contribution in [0.25, 0.3) is 0 Å². The zero-order valence-corrected chi connectivity index (χ0v) is 13.3. The molecule has 116 valence electrons. The van der Waals surface area contributed by atoms with Crippen LogP contribution in [0.2, 0.25) is 5.02 Å². The largest absolute Gasteiger partial charge is 0.487 e. The van der Waals surface area contributed by atoms with Gasteiger partial charge in [0.2, 0.25) is 0 Å². The van der Waals surface area contributed by atoms with Crippen LogP contribution in [0, 0.1) is 0 Å². The number of halogens is 1. The molecule has 0 aliphatic rings. The van der Waals surface area contributed by atoms with Crippen LogP contribution in [0.4, 0.5) is 5.69 Å². The number of nitrogens with one attached hydrogen (secondary N) is 1. The van der Waals surface area contributed by atoms with Crippen LogP contribution in [-0.4, -0.2) is 18.6 Å². The van der Waals surface area contributed by atoms with Crippen molar-refractivity contribution in [2.75, 3.05) is 11.9 Å². The lowest BCUT2D eigenvalue weighted by Crippen LogP contribution is -2.26. The SMILES string of the molecule is CCC(CN=C(N)Nc1ccccc1)Oc1ccccc1Cl. The molecule has 2 aromatic rings. The fourth-order valence-electron chi connectivity index (χ4n) is 1.88. The van der Waals surface area contributed by atoms with E-state index < -0.39 is 0 Å². The number of guanidine groups is 1. The van der Waals surface area contributed by atoms with E-state index >= 15 is 0 Å². The summed E-state index contributed by atoms with van der Waals surface area (Å²) >= 11 is 6.10. The topological polar surface area (TPSA) is 59.6 Å². The van der Waals surface area contributed by atoms with Crippen LogP contribution in [-0.2, 0) is 0 Å². The van der Waals surface area contributed by atoms with E-state index in [1.165, 1.54) is 0 Å². The molecule has 22 heavy (non-hydrogen) atoms. The molecule has 1 atom stereocenters. The third-order valence-corrected chi connectivity index (χ3v) is 3.41. The van der Waals surface area contributed by atoms with Crippen LogP contribution in [0.5, 0.6) is 5.75 Å². The highest BCUT2D eigenvalue weighted by atomic mass is 35.5. The van der Waals surface area contributed by atoms with Gasteiger partial charge in [0, 0.05) is 5.69 Å². The quantitative estimate of drug-likeness (QED) is 0.627. The average Bonchev–Trinajstić information content (AvgIpc) is 2.54. The summed E-state index contributed by atoms with van der Waals surface area (Å²) in [6, 6.07) is 17.1. The van der Waals surface area contributed by atoms with E-state index in [1.54, 1.807) is 6.07 Å². The summed E-state index contributed by atoms with van der Waals surface area (Å²) in [4.78, 5) is 4.33. The van der Waals surface area contributed by atoms with E-state index in [9.17, 15) is 0 Å². The van der Waals surface area contributed by atoms with Crippen molar-refractivity contribution in [1.82, 2.24) is 0 Å². The van der Waals surface area contributed by atoms with Crippen molar-refractivity contribution in [1.29, 1.82) is 0 Å². The second-order valence-corrected chi connectivity index (χ2v) is 5.20. The smallest absolute Gasteiger partial charge is 0.193 e. The molecule has 0 aliphatic heterocycles. The van der Waals surface area contributed by atoms with Gasteiger partial charge in [-0.15, -0.1) is 0 Å². The Morgan fingerprint density at radius 1 is 1.18 bits per heavy atom. The number of aliphatic imine (C=N–C) groups is 1. The Morgan fingerprint density at radius 2 is 1.86 bits per heavy atom. The van der Waals surface area contributed by atoms with E-state index in [0.717, 1.165) is 12.1 Å². The van der Waals surface area contributed by atoms with Gasteiger partial charge >= 0.3 is 0 Å². The van der Waals surface area contributed by atoms with Gasteiger partial charge in [0.1, 0.15) is 11.9 Å². The number of benzene rings is 2. The third-order valence-electron chi connectivity index (χ3n) is 3.10. The summed E-state index contributed by atoms with van der Waals surface area (Å²) in [5.41, 5.74) is 6.80. The van der Waals surface area contributed by atoms with Crippen molar-refractivity contribution in [3.05, 3.63) is 59.6 Å². The summed E-state index contributed by atoms with van der Waals surface area (Å²) < 4.78 is 5.87. The Morgan fingerprint density at radius 3 is 2.55 bits per heavy atom. The zero-order chi connectivity index (χ0) is 15.8. The Balaban J connectivity index is 1.92. The summed E-state index contributed by atoms with van der Waals surface area (Å²) in [7, 11) is 0. The van der Waals surface area contributed by atoms with Gasteiger partial charge in [0.25, 0.3) is 0 Å². The minimum atomic E-state index is -0.0731. The van der Waals surface area contributed by atoms with Crippen molar-refractivity contribution < 1.29 is 4.74 Å². The van der Waals surface area contributed by atoms with Gasteiger partial charge in [-0.3, -0.25) is 0 Å². The van der Waals surface area contributed by atoms with Crippen molar-refractivity contribution in [2.45, 2.75) is 19.4 Å². The minimum absolute atomic E-state index is 0.0731. The van der Waals surface area contributed by atoms with Crippen LogP contribution in [0.1, 0.15) is 13.3 Å². The summed E-state index contributed by atoms with van der Waals surface area (Å²) in [5, 5.41) is 3.64. The van der Waals surface area contributed by atoms with Gasteiger partial charge in [-0.25, -0.2) is 4.99 Å². The van der Waals surface area contributed by atoms with E-state index in [-0.39, 0.29) is 6.10 Å². The molecular formula is C17H20ClN3O. The molecule has 2 rings (SSSR count). The van der Waals surface area contributed by atoms with Crippen LogP contribution < -0.4 is 15.8 Å². The highest BCUT2D eigenvalue weighted by molar-refractivity contribution is 6.32. The Bertz CT molecular complexity index is 616. The van der Waals surface area contributed by atoms with E-state index in [1.807, 2.05) is 55.5 Å². The predicted octanol–water partition coefficient (Wildman–Crippen LogP) is 3.92. The van der Waals surface area contributed by atoms with Crippen LogP contribution in [0.15, 0.2) is 59.6 Å². The van der Waals surface area contributed by atoms with Gasteiger partial charge in [0.05, 0.1) is 11.6 Å². The van der Waals surface area contributed by atoms with Gasteiger partial charge in [-0.05, 0) is 30.7 Å². The third kappa shape index (κ3) is 4.97. The monoisotopic (exact) mass is 317 g/mol. The number of hydrogen-bond acceptors (Lipinski definition) is 2. The Kier molecular flexibility index (Phi) is 6.10. The first-order valence-corrected chi connectivity index (χ1v) is 7.60. The number of rotatable bonds is 6. The number of nitrogens with zero attached hydrogens (tertiary/aromatic N) is 1. The van der Waals surface area contributed by atoms with Gasteiger partial charge in [-0.1, -0.05) is 48.9 Å². The molecule has 1 unspecified atom stereocenters. The van der Waals surface area contributed by atoms with E-state index in [0.29, 0.717) is 23.3 Å². The summed E-state index contributed by atoms with van der Waals surface area (Å²) in [5.74, 6) is 1.04. The molecule has 0 aromatic heterocycles. The normalized spacial score (nSPS) is 12.7. The van der Waals surface area contributed by atoms with Crippen LogP contribution >= 0.6 is 11.6 Å². The molecule has 0 bridgehead atoms. The average molecular weight is 318 g/mol. The predicted molar refractivity (Wildman–Crippen MR) is 92.7 cm³/mol.